The van der Waals surface area contributed by atoms with E-state index in [1.807, 2.05) is 31.3 Å². The van der Waals surface area contributed by atoms with Gasteiger partial charge in [-0.2, -0.15) is 0 Å². The van der Waals surface area contributed by atoms with Gasteiger partial charge < -0.3 is 15.7 Å². The Labute approximate surface area is 85.2 Å². The van der Waals surface area contributed by atoms with Crippen molar-refractivity contribution >= 4 is 5.69 Å². The van der Waals surface area contributed by atoms with E-state index in [-0.39, 0.29) is 0 Å². The van der Waals surface area contributed by atoms with Crippen molar-refractivity contribution in [3.8, 4) is 0 Å². The third kappa shape index (κ3) is 2.72. The molecule has 1 atom stereocenters. The van der Waals surface area contributed by atoms with Crippen LogP contribution in [-0.4, -0.2) is 30.1 Å². The van der Waals surface area contributed by atoms with Crippen LogP contribution in [0.15, 0.2) is 24.3 Å². The van der Waals surface area contributed by atoms with E-state index < -0.39 is 6.10 Å². The van der Waals surface area contributed by atoms with Crippen LogP contribution in [-0.2, 0) is 0 Å². The molecule has 1 aromatic carbocycles. The second-order valence-electron chi connectivity index (χ2n) is 3.50. The molecule has 0 saturated carbocycles. The highest BCUT2D eigenvalue weighted by molar-refractivity contribution is 5.47. The molecule has 0 spiro atoms. The fraction of sp³-hybridized carbons (Fsp3) is 0.455. The highest BCUT2D eigenvalue weighted by Crippen LogP contribution is 2.20. The molecular weight excluding hydrogens is 176 g/mol. The van der Waals surface area contributed by atoms with E-state index in [9.17, 15) is 5.11 Å². The van der Waals surface area contributed by atoms with E-state index >= 15 is 0 Å². The third-order valence-corrected chi connectivity index (χ3v) is 2.38. The molecule has 1 unspecified atom stereocenters. The normalized spacial score (nSPS) is 13.1. The fourth-order valence-corrected chi connectivity index (χ4v) is 1.34. The number of nitrogens with zero attached hydrogens (tertiary/aromatic N) is 1. The Morgan fingerprint density at radius 2 is 2.07 bits per heavy atom. The van der Waals surface area contributed by atoms with Crippen molar-refractivity contribution in [3.05, 3.63) is 29.8 Å². The van der Waals surface area contributed by atoms with Gasteiger partial charge >= 0.3 is 0 Å². The van der Waals surface area contributed by atoms with Gasteiger partial charge in [0.05, 0.1) is 6.10 Å². The average molecular weight is 194 g/mol. The van der Waals surface area contributed by atoms with Crippen LogP contribution in [0, 0.1) is 0 Å². The predicted octanol–water partition coefficient (Wildman–Crippen LogP) is 1.25. The number of anilines is 1. The topological polar surface area (TPSA) is 49.5 Å². The van der Waals surface area contributed by atoms with Gasteiger partial charge in [0.25, 0.3) is 0 Å². The number of nitrogen functional groups attached to an aromatic ring is 1. The van der Waals surface area contributed by atoms with Crippen LogP contribution < -0.4 is 5.73 Å². The molecule has 0 aliphatic carbocycles. The molecule has 1 aromatic rings. The third-order valence-electron chi connectivity index (χ3n) is 2.38. The van der Waals surface area contributed by atoms with Crippen LogP contribution in [0.5, 0.6) is 0 Å². The first kappa shape index (κ1) is 11.0. The number of para-hydroxylation sites is 1. The van der Waals surface area contributed by atoms with Gasteiger partial charge in [-0.3, -0.25) is 0 Å². The summed E-state index contributed by atoms with van der Waals surface area (Å²) in [6.07, 6.45) is -0.499. The van der Waals surface area contributed by atoms with Gasteiger partial charge in [0.1, 0.15) is 0 Å². The van der Waals surface area contributed by atoms with E-state index in [1.165, 1.54) is 0 Å². The molecular formula is C11H18N2O. The molecule has 0 bridgehead atoms. The van der Waals surface area contributed by atoms with E-state index in [1.54, 1.807) is 0 Å². The van der Waals surface area contributed by atoms with E-state index in [0.29, 0.717) is 12.2 Å². The quantitative estimate of drug-likeness (QED) is 0.709. The molecule has 3 heteroatoms. The summed E-state index contributed by atoms with van der Waals surface area (Å²) in [5.74, 6) is 0. The van der Waals surface area contributed by atoms with Crippen molar-refractivity contribution in [2.24, 2.45) is 0 Å². The summed E-state index contributed by atoms with van der Waals surface area (Å²) in [7, 11) is 1.97. The summed E-state index contributed by atoms with van der Waals surface area (Å²) >= 11 is 0. The minimum atomic E-state index is -0.499. The molecule has 78 valence electrons. The maximum absolute atomic E-state index is 9.88. The van der Waals surface area contributed by atoms with Gasteiger partial charge in [0, 0.05) is 17.8 Å². The minimum absolute atomic E-state index is 0.499. The van der Waals surface area contributed by atoms with Crippen molar-refractivity contribution in [1.29, 1.82) is 0 Å². The lowest BCUT2D eigenvalue weighted by atomic mass is 10.1. The molecule has 0 radical (unpaired) electrons. The Morgan fingerprint density at radius 3 is 2.64 bits per heavy atom. The molecule has 0 amide bonds. The predicted molar refractivity (Wildman–Crippen MR) is 59.0 cm³/mol. The molecule has 14 heavy (non-hydrogen) atoms. The van der Waals surface area contributed by atoms with Gasteiger partial charge in [-0.1, -0.05) is 25.1 Å². The SMILES string of the molecule is CCN(C)CC(O)c1ccccc1N. The first-order valence-corrected chi connectivity index (χ1v) is 4.86. The van der Waals surface area contributed by atoms with E-state index in [4.69, 9.17) is 5.73 Å². The number of hydrogen-bond donors (Lipinski definition) is 2. The van der Waals surface area contributed by atoms with Crippen LogP contribution in [0.2, 0.25) is 0 Å². The average Bonchev–Trinajstić information content (AvgIpc) is 2.18. The van der Waals surface area contributed by atoms with Crippen molar-refractivity contribution < 1.29 is 5.11 Å². The molecule has 0 aliphatic rings. The highest BCUT2D eigenvalue weighted by atomic mass is 16.3. The maximum atomic E-state index is 9.88. The minimum Gasteiger partial charge on any atom is -0.398 e. The zero-order chi connectivity index (χ0) is 10.6. The van der Waals surface area contributed by atoms with Crippen molar-refractivity contribution in [1.82, 2.24) is 4.90 Å². The smallest absolute Gasteiger partial charge is 0.0936 e. The van der Waals surface area contributed by atoms with Gasteiger partial charge in [-0.05, 0) is 19.7 Å². The Bertz CT molecular complexity index is 288. The Hall–Kier alpha value is -1.06. The standard InChI is InChI=1S/C11H18N2O/c1-3-13(2)8-11(14)9-6-4-5-7-10(9)12/h4-7,11,14H,3,8,12H2,1-2H3. The summed E-state index contributed by atoms with van der Waals surface area (Å²) < 4.78 is 0. The molecule has 3 nitrogen and oxygen atoms in total. The zero-order valence-corrected chi connectivity index (χ0v) is 8.77. The summed E-state index contributed by atoms with van der Waals surface area (Å²) in [5, 5.41) is 9.88. The van der Waals surface area contributed by atoms with E-state index in [0.717, 1.165) is 12.1 Å². The lowest BCUT2D eigenvalue weighted by Gasteiger charge is -2.19. The van der Waals surface area contributed by atoms with Crippen LogP contribution in [0.1, 0.15) is 18.6 Å². The Balaban J connectivity index is 2.69. The summed E-state index contributed by atoms with van der Waals surface area (Å²) in [5.41, 5.74) is 7.23. The van der Waals surface area contributed by atoms with Crippen molar-refractivity contribution in [2.45, 2.75) is 13.0 Å². The van der Waals surface area contributed by atoms with Crippen LogP contribution in [0.25, 0.3) is 0 Å². The van der Waals surface area contributed by atoms with Gasteiger partial charge in [0.2, 0.25) is 0 Å². The van der Waals surface area contributed by atoms with Crippen LogP contribution >= 0.6 is 0 Å². The highest BCUT2D eigenvalue weighted by Gasteiger charge is 2.11. The molecule has 1 rings (SSSR count). The second kappa shape index (κ2) is 4.98. The Kier molecular flexibility index (Phi) is 3.92. The number of benzene rings is 1. The van der Waals surface area contributed by atoms with Crippen molar-refractivity contribution in [3.63, 3.8) is 0 Å². The Morgan fingerprint density at radius 1 is 1.43 bits per heavy atom. The number of aliphatic hydroxyl groups excluding tert-OH is 1. The second-order valence-corrected chi connectivity index (χ2v) is 3.50. The summed E-state index contributed by atoms with van der Waals surface area (Å²) in [4.78, 5) is 2.05. The number of hydrogen-bond acceptors (Lipinski definition) is 3. The molecule has 3 N–H and O–H groups in total. The number of nitrogens with two attached hydrogens (primary N) is 1. The van der Waals surface area contributed by atoms with Crippen LogP contribution in [0.3, 0.4) is 0 Å². The fourth-order valence-electron chi connectivity index (χ4n) is 1.34. The number of rotatable bonds is 4. The first-order chi connectivity index (χ1) is 6.65. The van der Waals surface area contributed by atoms with Gasteiger partial charge in [-0.25, -0.2) is 0 Å². The monoisotopic (exact) mass is 194 g/mol. The molecule has 0 aromatic heterocycles. The summed E-state index contributed by atoms with van der Waals surface area (Å²) in [6, 6.07) is 7.43. The molecule has 0 fully saturated rings. The largest absolute Gasteiger partial charge is 0.398 e. The lowest BCUT2D eigenvalue weighted by molar-refractivity contribution is 0.130. The lowest BCUT2D eigenvalue weighted by Crippen LogP contribution is -2.24. The maximum Gasteiger partial charge on any atom is 0.0936 e. The first-order valence-electron chi connectivity index (χ1n) is 4.86. The van der Waals surface area contributed by atoms with Gasteiger partial charge in [-0.15, -0.1) is 0 Å². The zero-order valence-electron chi connectivity index (χ0n) is 8.77. The number of aliphatic hydroxyl groups is 1. The molecule has 0 aliphatic heterocycles. The van der Waals surface area contributed by atoms with Crippen molar-refractivity contribution in [2.75, 3.05) is 25.9 Å². The molecule has 0 saturated heterocycles. The summed E-state index contributed by atoms with van der Waals surface area (Å²) in [6.45, 7) is 3.59. The molecule has 0 heterocycles. The van der Waals surface area contributed by atoms with Crippen LogP contribution in [0.4, 0.5) is 5.69 Å². The van der Waals surface area contributed by atoms with Gasteiger partial charge in [0.15, 0.2) is 0 Å². The van der Waals surface area contributed by atoms with E-state index in [2.05, 4.69) is 11.8 Å². The number of likely N-dealkylation sites (N-methyl/N-ethyl adjacent to an activating group) is 1.